The van der Waals surface area contributed by atoms with E-state index in [0.717, 1.165) is 12.8 Å². The number of ketones is 1. The first-order valence-corrected chi connectivity index (χ1v) is 5.75. The van der Waals surface area contributed by atoms with Crippen molar-refractivity contribution in [2.75, 3.05) is 0 Å². The molecule has 0 radical (unpaired) electrons. The Bertz CT molecular complexity index is 347. The van der Waals surface area contributed by atoms with Crippen molar-refractivity contribution in [2.45, 2.75) is 37.4 Å². The molecule has 0 amide bonds. The average molecular weight is 222 g/mol. The standard InChI is InChI=1S/C13H18O3/c1-3-4-11(14)10-6-5-9-7-12(15)8(2)13(9,10)16/h3,9-11,14,16H,1-2,4-7H2/t9-,10+,11-,13-/m0/s1. The predicted octanol–water partition coefficient (Wildman–Crippen LogP) is 1.21. The number of carbonyl (C=O) groups is 1. The Hall–Kier alpha value is -0.930. The van der Waals surface area contributed by atoms with Crippen LogP contribution < -0.4 is 0 Å². The summed E-state index contributed by atoms with van der Waals surface area (Å²) in [6, 6.07) is 0. The highest BCUT2D eigenvalue weighted by molar-refractivity contribution is 6.00. The van der Waals surface area contributed by atoms with Crippen molar-refractivity contribution in [1.82, 2.24) is 0 Å². The van der Waals surface area contributed by atoms with Crippen molar-refractivity contribution in [2.24, 2.45) is 11.8 Å². The lowest BCUT2D eigenvalue weighted by molar-refractivity contribution is -0.115. The zero-order chi connectivity index (χ0) is 11.9. The van der Waals surface area contributed by atoms with Crippen LogP contribution in [0.3, 0.4) is 0 Å². The van der Waals surface area contributed by atoms with Gasteiger partial charge in [0.2, 0.25) is 0 Å². The van der Waals surface area contributed by atoms with Gasteiger partial charge in [-0.15, -0.1) is 6.58 Å². The fraction of sp³-hybridized carbons (Fsp3) is 0.615. The SMILES string of the molecule is C=CC[C@H](O)[C@H]1CC[C@H]2CC(=O)C(=C)[C@]21O. The number of Topliss-reactive ketones (excluding diaryl/α,β-unsaturated/α-hetero) is 1. The van der Waals surface area contributed by atoms with Crippen LogP contribution in [-0.2, 0) is 4.79 Å². The third-order valence-electron chi connectivity index (χ3n) is 4.14. The summed E-state index contributed by atoms with van der Waals surface area (Å²) in [4.78, 5) is 11.6. The molecule has 2 saturated carbocycles. The third kappa shape index (κ3) is 1.39. The van der Waals surface area contributed by atoms with Crippen LogP contribution in [0.4, 0.5) is 0 Å². The van der Waals surface area contributed by atoms with Gasteiger partial charge in [0.15, 0.2) is 5.78 Å². The Morgan fingerprint density at radius 3 is 2.88 bits per heavy atom. The minimum Gasteiger partial charge on any atom is -0.392 e. The summed E-state index contributed by atoms with van der Waals surface area (Å²) in [5, 5.41) is 20.6. The molecular weight excluding hydrogens is 204 g/mol. The summed E-state index contributed by atoms with van der Waals surface area (Å²) in [5.41, 5.74) is -0.873. The summed E-state index contributed by atoms with van der Waals surface area (Å²) in [5.74, 6) is -0.366. The highest BCUT2D eigenvalue weighted by atomic mass is 16.3. The quantitative estimate of drug-likeness (QED) is 0.557. The van der Waals surface area contributed by atoms with E-state index in [9.17, 15) is 15.0 Å². The number of aliphatic hydroxyl groups is 2. The topological polar surface area (TPSA) is 57.5 Å². The first-order chi connectivity index (χ1) is 7.51. The maximum atomic E-state index is 11.6. The Morgan fingerprint density at radius 2 is 2.25 bits per heavy atom. The van der Waals surface area contributed by atoms with Crippen LogP contribution >= 0.6 is 0 Å². The molecule has 88 valence electrons. The summed E-state index contributed by atoms with van der Waals surface area (Å²) in [6.45, 7) is 7.29. The van der Waals surface area contributed by atoms with E-state index in [1.165, 1.54) is 0 Å². The largest absolute Gasteiger partial charge is 0.392 e. The van der Waals surface area contributed by atoms with Gasteiger partial charge in [0, 0.05) is 17.9 Å². The van der Waals surface area contributed by atoms with E-state index >= 15 is 0 Å². The van der Waals surface area contributed by atoms with Crippen LogP contribution in [0.25, 0.3) is 0 Å². The highest BCUT2D eigenvalue weighted by Gasteiger charge is 2.58. The van der Waals surface area contributed by atoms with Crippen LogP contribution in [0, 0.1) is 11.8 Å². The van der Waals surface area contributed by atoms with E-state index in [0.29, 0.717) is 18.4 Å². The smallest absolute Gasteiger partial charge is 0.161 e. The molecule has 3 heteroatoms. The van der Waals surface area contributed by atoms with Crippen LogP contribution in [0.1, 0.15) is 25.7 Å². The van der Waals surface area contributed by atoms with E-state index in [1.807, 2.05) is 0 Å². The molecule has 2 aliphatic carbocycles. The van der Waals surface area contributed by atoms with Crippen molar-refractivity contribution in [3.05, 3.63) is 24.8 Å². The van der Waals surface area contributed by atoms with E-state index < -0.39 is 11.7 Å². The number of hydrogen-bond acceptors (Lipinski definition) is 3. The maximum Gasteiger partial charge on any atom is 0.161 e. The molecule has 0 bridgehead atoms. The zero-order valence-electron chi connectivity index (χ0n) is 9.35. The second kappa shape index (κ2) is 3.82. The van der Waals surface area contributed by atoms with Crippen molar-refractivity contribution in [1.29, 1.82) is 0 Å². The predicted molar refractivity (Wildman–Crippen MR) is 60.7 cm³/mol. The summed E-state index contributed by atoms with van der Waals surface area (Å²) in [6.07, 6.45) is 3.38. The molecule has 2 aliphatic rings. The summed E-state index contributed by atoms with van der Waals surface area (Å²) in [7, 11) is 0. The van der Waals surface area contributed by atoms with Gasteiger partial charge in [-0.3, -0.25) is 4.79 Å². The van der Waals surface area contributed by atoms with Crippen LogP contribution in [0.15, 0.2) is 24.8 Å². The fourth-order valence-electron chi connectivity index (χ4n) is 3.24. The van der Waals surface area contributed by atoms with E-state index in [2.05, 4.69) is 13.2 Å². The number of hydrogen-bond donors (Lipinski definition) is 2. The zero-order valence-corrected chi connectivity index (χ0v) is 9.35. The monoisotopic (exact) mass is 222 g/mol. The Balaban J connectivity index is 2.27. The minimum atomic E-state index is -1.17. The molecule has 4 atom stereocenters. The fourth-order valence-corrected chi connectivity index (χ4v) is 3.24. The van der Waals surface area contributed by atoms with Gasteiger partial charge in [0.1, 0.15) is 5.60 Å². The van der Waals surface area contributed by atoms with Gasteiger partial charge in [0.25, 0.3) is 0 Å². The van der Waals surface area contributed by atoms with Crippen LogP contribution in [-0.4, -0.2) is 27.7 Å². The molecule has 0 aromatic rings. The molecule has 2 fully saturated rings. The van der Waals surface area contributed by atoms with E-state index in [1.54, 1.807) is 6.08 Å². The van der Waals surface area contributed by atoms with E-state index in [-0.39, 0.29) is 17.6 Å². The maximum absolute atomic E-state index is 11.6. The lowest BCUT2D eigenvalue weighted by Crippen LogP contribution is -2.43. The van der Waals surface area contributed by atoms with Gasteiger partial charge in [-0.2, -0.15) is 0 Å². The van der Waals surface area contributed by atoms with E-state index in [4.69, 9.17) is 0 Å². The lowest BCUT2D eigenvalue weighted by Gasteiger charge is -2.33. The number of fused-ring (bicyclic) bond motifs is 1. The molecule has 0 aromatic heterocycles. The summed E-state index contributed by atoms with van der Waals surface area (Å²) >= 11 is 0. The minimum absolute atomic E-state index is 0.0445. The van der Waals surface area contributed by atoms with Crippen LogP contribution in [0.5, 0.6) is 0 Å². The molecule has 16 heavy (non-hydrogen) atoms. The number of aliphatic hydroxyl groups excluding tert-OH is 1. The first kappa shape index (κ1) is 11.6. The molecule has 0 spiro atoms. The Kier molecular flexibility index (Phi) is 2.76. The Labute approximate surface area is 95.5 Å². The van der Waals surface area contributed by atoms with Crippen molar-refractivity contribution in [3.63, 3.8) is 0 Å². The molecule has 0 aliphatic heterocycles. The number of carbonyl (C=O) groups excluding carboxylic acids is 1. The molecule has 3 nitrogen and oxygen atoms in total. The van der Waals surface area contributed by atoms with Crippen molar-refractivity contribution >= 4 is 5.78 Å². The molecule has 0 unspecified atom stereocenters. The van der Waals surface area contributed by atoms with Gasteiger partial charge in [-0.1, -0.05) is 12.7 Å². The molecule has 2 rings (SSSR count). The molecule has 2 N–H and O–H groups in total. The molecular formula is C13H18O3. The van der Waals surface area contributed by atoms with Gasteiger partial charge >= 0.3 is 0 Å². The van der Waals surface area contributed by atoms with Crippen molar-refractivity contribution < 1.29 is 15.0 Å². The first-order valence-electron chi connectivity index (χ1n) is 5.75. The third-order valence-corrected chi connectivity index (χ3v) is 4.14. The van der Waals surface area contributed by atoms with Gasteiger partial charge in [-0.05, 0) is 25.2 Å². The van der Waals surface area contributed by atoms with Gasteiger partial charge in [0.05, 0.1) is 6.10 Å². The highest BCUT2D eigenvalue weighted by Crippen LogP contribution is 2.53. The molecule has 0 saturated heterocycles. The average Bonchev–Trinajstić information content (AvgIpc) is 2.65. The molecule has 0 heterocycles. The molecule has 0 aromatic carbocycles. The second-order valence-corrected chi connectivity index (χ2v) is 4.90. The lowest BCUT2D eigenvalue weighted by atomic mass is 9.80. The normalized spacial score (nSPS) is 39.9. The van der Waals surface area contributed by atoms with Gasteiger partial charge in [-0.25, -0.2) is 0 Å². The number of rotatable bonds is 3. The summed E-state index contributed by atoms with van der Waals surface area (Å²) < 4.78 is 0. The van der Waals surface area contributed by atoms with Gasteiger partial charge < -0.3 is 10.2 Å². The Morgan fingerprint density at radius 1 is 1.56 bits per heavy atom. The van der Waals surface area contributed by atoms with Crippen LogP contribution in [0.2, 0.25) is 0 Å². The van der Waals surface area contributed by atoms with Crippen molar-refractivity contribution in [3.8, 4) is 0 Å². The second-order valence-electron chi connectivity index (χ2n) is 4.90.